The van der Waals surface area contributed by atoms with E-state index in [0.717, 1.165) is 29.2 Å². The maximum atomic E-state index is 12.8. The zero-order valence-corrected chi connectivity index (χ0v) is 16.3. The molecule has 5 nitrogen and oxygen atoms in total. The van der Waals surface area contributed by atoms with E-state index in [4.69, 9.17) is 4.74 Å². The van der Waals surface area contributed by atoms with E-state index in [0.29, 0.717) is 17.9 Å². The summed E-state index contributed by atoms with van der Waals surface area (Å²) in [6.07, 6.45) is 1.25. The molecule has 1 aromatic heterocycles. The largest absolute Gasteiger partial charge is 0.497 e. The summed E-state index contributed by atoms with van der Waals surface area (Å²) >= 11 is 0. The highest BCUT2D eigenvalue weighted by atomic mass is 16.5. The van der Waals surface area contributed by atoms with Gasteiger partial charge in [-0.15, -0.1) is 0 Å². The van der Waals surface area contributed by atoms with Crippen molar-refractivity contribution in [1.82, 2.24) is 9.97 Å². The molecule has 1 aliphatic carbocycles. The number of nitrogens with zero attached hydrogens (tertiary/aromatic N) is 2. The average Bonchev–Trinajstić information content (AvgIpc) is 2.68. The molecule has 1 atom stereocenters. The second-order valence-corrected chi connectivity index (χ2v) is 7.25. The molecule has 1 N–H and O–H groups in total. The fourth-order valence-corrected chi connectivity index (χ4v) is 3.79. The standard InChI is InChI=1S/C23H23N3O2/c1-14-5-4-6-16(11-14)17-12-20-22(21(27)13-17)15(2)24-23(26-20)25-18-7-9-19(28-3)10-8-18/h4-11,17H,12-13H2,1-3H3,(H,24,25,26). The van der Waals surface area contributed by atoms with Gasteiger partial charge in [-0.05, 0) is 56.0 Å². The van der Waals surface area contributed by atoms with Crippen LogP contribution in [0.4, 0.5) is 11.6 Å². The molecule has 5 heteroatoms. The number of rotatable bonds is 4. The molecular weight excluding hydrogens is 350 g/mol. The molecule has 1 heterocycles. The third-order valence-corrected chi connectivity index (χ3v) is 5.17. The van der Waals surface area contributed by atoms with Gasteiger partial charge in [0.2, 0.25) is 5.95 Å². The number of carbonyl (C=O) groups excluding carboxylic acids is 1. The molecule has 1 unspecified atom stereocenters. The first-order chi connectivity index (χ1) is 13.5. The van der Waals surface area contributed by atoms with Gasteiger partial charge >= 0.3 is 0 Å². The van der Waals surface area contributed by atoms with Crippen molar-refractivity contribution in [2.45, 2.75) is 32.6 Å². The number of benzene rings is 2. The average molecular weight is 373 g/mol. The number of fused-ring (bicyclic) bond motifs is 1. The van der Waals surface area contributed by atoms with Crippen molar-refractivity contribution in [3.63, 3.8) is 0 Å². The number of aryl methyl sites for hydroxylation is 2. The first-order valence-corrected chi connectivity index (χ1v) is 9.42. The lowest BCUT2D eigenvalue weighted by atomic mass is 9.81. The lowest BCUT2D eigenvalue weighted by Crippen LogP contribution is -2.22. The van der Waals surface area contributed by atoms with Crippen molar-refractivity contribution in [3.05, 3.63) is 76.6 Å². The van der Waals surface area contributed by atoms with Crippen LogP contribution in [0.3, 0.4) is 0 Å². The summed E-state index contributed by atoms with van der Waals surface area (Å²) < 4.78 is 5.19. The summed E-state index contributed by atoms with van der Waals surface area (Å²) in [5.41, 5.74) is 5.51. The summed E-state index contributed by atoms with van der Waals surface area (Å²) in [5, 5.41) is 3.24. The van der Waals surface area contributed by atoms with Crippen LogP contribution in [0.5, 0.6) is 5.75 Å². The molecule has 4 rings (SSSR count). The number of hydrogen-bond acceptors (Lipinski definition) is 5. The molecule has 0 amide bonds. The zero-order valence-electron chi connectivity index (χ0n) is 16.3. The number of nitrogens with one attached hydrogen (secondary N) is 1. The maximum Gasteiger partial charge on any atom is 0.227 e. The molecule has 0 spiro atoms. The second-order valence-electron chi connectivity index (χ2n) is 7.25. The number of Topliss-reactive ketones (excluding diaryl/α,β-unsaturated/α-hetero) is 1. The Morgan fingerprint density at radius 1 is 1.04 bits per heavy atom. The normalized spacial score (nSPS) is 15.8. The maximum absolute atomic E-state index is 12.8. The van der Waals surface area contributed by atoms with Crippen LogP contribution in [-0.2, 0) is 6.42 Å². The number of carbonyl (C=O) groups is 1. The second kappa shape index (κ2) is 7.43. The minimum atomic E-state index is 0.126. The minimum Gasteiger partial charge on any atom is -0.497 e. The molecular formula is C23H23N3O2. The smallest absolute Gasteiger partial charge is 0.227 e. The van der Waals surface area contributed by atoms with Crippen molar-refractivity contribution in [3.8, 4) is 5.75 Å². The van der Waals surface area contributed by atoms with Crippen molar-refractivity contribution in [2.75, 3.05) is 12.4 Å². The zero-order chi connectivity index (χ0) is 19.7. The highest BCUT2D eigenvalue weighted by Gasteiger charge is 2.30. The van der Waals surface area contributed by atoms with E-state index < -0.39 is 0 Å². The van der Waals surface area contributed by atoms with Crippen LogP contribution in [0.2, 0.25) is 0 Å². The van der Waals surface area contributed by atoms with Crippen molar-refractivity contribution < 1.29 is 9.53 Å². The topological polar surface area (TPSA) is 64.1 Å². The molecule has 142 valence electrons. The van der Waals surface area contributed by atoms with Gasteiger partial charge in [-0.25, -0.2) is 9.97 Å². The van der Waals surface area contributed by atoms with Crippen LogP contribution < -0.4 is 10.1 Å². The molecule has 28 heavy (non-hydrogen) atoms. The Hall–Kier alpha value is -3.21. The Balaban J connectivity index is 1.64. The molecule has 1 aliphatic rings. The number of methoxy groups -OCH3 is 1. The predicted molar refractivity (Wildman–Crippen MR) is 110 cm³/mol. The molecule has 0 fully saturated rings. The quantitative estimate of drug-likeness (QED) is 0.714. The van der Waals surface area contributed by atoms with E-state index >= 15 is 0 Å². The fourth-order valence-electron chi connectivity index (χ4n) is 3.79. The van der Waals surface area contributed by atoms with E-state index in [1.54, 1.807) is 7.11 Å². The Kier molecular flexibility index (Phi) is 4.82. The SMILES string of the molecule is COc1ccc(Nc2nc(C)c3c(n2)CC(c2cccc(C)c2)CC3=O)cc1. The van der Waals surface area contributed by atoms with Crippen LogP contribution in [0.1, 0.15) is 45.2 Å². The van der Waals surface area contributed by atoms with Crippen LogP contribution in [-0.4, -0.2) is 22.9 Å². The molecule has 0 saturated heterocycles. The summed E-state index contributed by atoms with van der Waals surface area (Å²) in [6, 6.07) is 16.0. The van der Waals surface area contributed by atoms with E-state index in [2.05, 4.69) is 40.4 Å². The summed E-state index contributed by atoms with van der Waals surface area (Å²) in [5.74, 6) is 1.59. The Labute approximate surface area is 164 Å². The van der Waals surface area contributed by atoms with Gasteiger partial charge in [-0.2, -0.15) is 0 Å². The third-order valence-electron chi connectivity index (χ3n) is 5.17. The molecule has 3 aromatic rings. The third kappa shape index (κ3) is 3.60. The van der Waals surface area contributed by atoms with E-state index in [1.807, 2.05) is 37.3 Å². The van der Waals surface area contributed by atoms with E-state index in [9.17, 15) is 4.79 Å². The summed E-state index contributed by atoms with van der Waals surface area (Å²) in [7, 11) is 1.64. The molecule has 2 aromatic carbocycles. The number of ketones is 1. The number of anilines is 2. The van der Waals surface area contributed by atoms with Gasteiger partial charge in [0.1, 0.15) is 5.75 Å². The number of hydrogen-bond donors (Lipinski definition) is 1. The van der Waals surface area contributed by atoms with Crippen LogP contribution >= 0.6 is 0 Å². The van der Waals surface area contributed by atoms with Crippen molar-refractivity contribution >= 4 is 17.4 Å². The minimum absolute atomic E-state index is 0.126. The van der Waals surface area contributed by atoms with Gasteiger partial charge in [0, 0.05) is 12.1 Å². The highest BCUT2D eigenvalue weighted by Crippen LogP contribution is 2.34. The number of ether oxygens (including phenoxy) is 1. The van der Waals surface area contributed by atoms with Crippen LogP contribution in [0.25, 0.3) is 0 Å². The Bertz CT molecular complexity index is 1030. The Morgan fingerprint density at radius 2 is 1.82 bits per heavy atom. The summed E-state index contributed by atoms with van der Waals surface area (Å²) in [4.78, 5) is 22.0. The molecule has 0 aliphatic heterocycles. The molecule has 0 radical (unpaired) electrons. The van der Waals surface area contributed by atoms with Gasteiger partial charge in [-0.3, -0.25) is 4.79 Å². The van der Waals surface area contributed by atoms with Crippen LogP contribution in [0, 0.1) is 13.8 Å². The van der Waals surface area contributed by atoms with Gasteiger partial charge in [-0.1, -0.05) is 29.8 Å². The first kappa shape index (κ1) is 18.2. The highest BCUT2D eigenvalue weighted by molar-refractivity contribution is 5.99. The van der Waals surface area contributed by atoms with Crippen molar-refractivity contribution in [1.29, 1.82) is 0 Å². The molecule has 0 bridgehead atoms. The van der Waals surface area contributed by atoms with Gasteiger partial charge in [0.05, 0.1) is 24.1 Å². The monoisotopic (exact) mass is 373 g/mol. The Morgan fingerprint density at radius 3 is 2.54 bits per heavy atom. The summed E-state index contributed by atoms with van der Waals surface area (Å²) in [6.45, 7) is 3.95. The van der Waals surface area contributed by atoms with Gasteiger partial charge in [0.15, 0.2) is 5.78 Å². The van der Waals surface area contributed by atoms with Gasteiger partial charge in [0.25, 0.3) is 0 Å². The molecule has 0 saturated carbocycles. The van der Waals surface area contributed by atoms with E-state index in [1.165, 1.54) is 11.1 Å². The van der Waals surface area contributed by atoms with Crippen molar-refractivity contribution in [2.24, 2.45) is 0 Å². The van der Waals surface area contributed by atoms with E-state index in [-0.39, 0.29) is 11.7 Å². The van der Waals surface area contributed by atoms with Gasteiger partial charge < -0.3 is 10.1 Å². The first-order valence-electron chi connectivity index (χ1n) is 9.42. The number of aromatic nitrogens is 2. The lowest BCUT2D eigenvalue weighted by molar-refractivity contribution is 0.0962. The fraction of sp³-hybridized carbons (Fsp3) is 0.261. The van der Waals surface area contributed by atoms with Crippen LogP contribution in [0.15, 0.2) is 48.5 Å². The predicted octanol–water partition coefficient (Wildman–Crippen LogP) is 4.76. The lowest BCUT2D eigenvalue weighted by Gasteiger charge is -2.25.